The van der Waals surface area contributed by atoms with E-state index in [1.54, 1.807) is 0 Å². The standard InChI is InChI=1S/C22H26N4O3S/c1-5-28-18-12-10-17(11-13-18)23-20(27)14-30-22-25-24-21(26(22)4)16(3)29-19-9-7-6-8-15(19)2/h6-13,16H,5,14H2,1-4H3,(H,23,27). The molecule has 0 bridgehead atoms. The number of thioether (sulfide) groups is 1. The normalized spacial score (nSPS) is 11.7. The minimum atomic E-state index is -0.268. The second-order valence-corrected chi connectivity index (χ2v) is 7.66. The van der Waals surface area contributed by atoms with Crippen molar-refractivity contribution in [2.45, 2.75) is 32.0 Å². The summed E-state index contributed by atoms with van der Waals surface area (Å²) in [5.74, 6) is 2.41. The summed E-state index contributed by atoms with van der Waals surface area (Å²) < 4.78 is 13.3. The molecule has 0 saturated carbocycles. The summed E-state index contributed by atoms with van der Waals surface area (Å²) in [4.78, 5) is 12.3. The van der Waals surface area contributed by atoms with E-state index >= 15 is 0 Å². The van der Waals surface area contributed by atoms with Gasteiger partial charge in [-0.05, 0) is 56.7 Å². The molecule has 158 valence electrons. The average molecular weight is 427 g/mol. The van der Waals surface area contributed by atoms with Crippen molar-refractivity contribution < 1.29 is 14.3 Å². The molecule has 1 aromatic heterocycles. The molecule has 1 unspecified atom stereocenters. The summed E-state index contributed by atoms with van der Waals surface area (Å²) in [6.07, 6.45) is -0.268. The van der Waals surface area contributed by atoms with Crippen molar-refractivity contribution >= 4 is 23.4 Å². The van der Waals surface area contributed by atoms with Crippen LogP contribution in [0.2, 0.25) is 0 Å². The van der Waals surface area contributed by atoms with Gasteiger partial charge in [-0.1, -0.05) is 30.0 Å². The molecular weight excluding hydrogens is 400 g/mol. The number of carbonyl (C=O) groups excluding carboxylic acids is 1. The number of amides is 1. The fraction of sp³-hybridized carbons (Fsp3) is 0.318. The van der Waals surface area contributed by atoms with Gasteiger partial charge in [0, 0.05) is 12.7 Å². The third-order valence-electron chi connectivity index (χ3n) is 4.41. The van der Waals surface area contributed by atoms with Crippen LogP contribution in [0, 0.1) is 6.92 Å². The molecular formula is C22H26N4O3S. The summed E-state index contributed by atoms with van der Waals surface area (Å²) in [5.41, 5.74) is 1.79. The van der Waals surface area contributed by atoms with E-state index in [0.717, 1.165) is 22.7 Å². The molecule has 7 nitrogen and oxygen atoms in total. The van der Waals surface area contributed by atoms with Crippen LogP contribution in [0.25, 0.3) is 0 Å². The average Bonchev–Trinajstić information content (AvgIpc) is 3.10. The highest BCUT2D eigenvalue weighted by atomic mass is 32.2. The van der Waals surface area contributed by atoms with Gasteiger partial charge in [-0.25, -0.2) is 0 Å². The Kier molecular flexibility index (Phi) is 7.35. The first kappa shape index (κ1) is 21.7. The maximum atomic E-state index is 12.3. The SMILES string of the molecule is CCOc1ccc(NC(=O)CSc2nnc(C(C)Oc3ccccc3C)n2C)cc1. The molecule has 0 spiro atoms. The molecule has 0 aliphatic carbocycles. The number of nitrogens with zero attached hydrogens (tertiary/aromatic N) is 3. The van der Waals surface area contributed by atoms with Gasteiger partial charge in [0.15, 0.2) is 17.1 Å². The van der Waals surface area contributed by atoms with Gasteiger partial charge in [-0.2, -0.15) is 0 Å². The summed E-state index contributed by atoms with van der Waals surface area (Å²) in [7, 11) is 1.87. The highest BCUT2D eigenvalue weighted by molar-refractivity contribution is 7.99. The van der Waals surface area contributed by atoms with Crippen LogP contribution in [0.4, 0.5) is 5.69 Å². The van der Waals surface area contributed by atoms with Crippen molar-refractivity contribution in [1.29, 1.82) is 0 Å². The van der Waals surface area contributed by atoms with E-state index in [1.165, 1.54) is 11.8 Å². The fourth-order valence-electron chi connectivity index (χ4n) is 2.87. The van der Waals surface area contributed by atoms with E-state index in [4.69, 9.17) is 9.47 Å². The Morgan fingerprint density at radius 1 is 1.17 bits per heavy atom. The van der Waals surface area contributed by atoms with E-state index < -0.39 is 0 Å². The molecule has 0 radical (unpaired) electrons. The van der Waals surface area contributed by atoms with Gasteiger partial charge in [0.2, 0.25) is 5.91 Å². The van der Waals surface area contributed by atoms with Gasteiger partial charge in [0.05, 0.1) is 12.4 Å². The van der Waals surface area contributed by atoms with Crippen LogP contribution < -0.4 is 14.8 Å². The van der Waals surface area contributed by atoms with Crippen LogP contribution in [0.3, 0.4) is 0 Å². The monoisotopic (exact) mass is 426 g/mol. The Morgan fingerprint density at radius 3 is 2.60 bits per heavy atom. The number of aryl methyl sites for hydroxylation is 1. The Hall–Kier alpha value is -3.00. The summed E-state index contributed by atoms with van der Waals surface area (Å²) >= 11 is 1.33. The summed E-state index contributed by atoms with van der Waals surface area (Å²) in [6.45, 7) is 6.48. The number of ether oxygens (including phenoxy) is 2. The lowest BCUT2D eigenvalue weighted by Crippen LogP contribution is -2.15. The van der Waals surface area contributed by atoms with Crippen molar-refractivity contribution in [2.75, 3.05) is 17.7 Å². The molecule has 1 atom stereocenters. The Balaban J connectivity index is 1.55. The maximum Gasteiger partial charge on any atom is 0.234 e. The van der Waals surface area contributed by atoms with Crippen molar-refractivity contribution in [3.63, 3.8) is 0 Å². The molecule has 0 aliphatic rings. The first-order valence-corrected chi connectivity index (χ1v) is 10.7. The zero-order chi connectivity index (χ0) is 21.5. The molecule has 3 rings (SSSR count). The lowest BCUT2D eigenvalue weighted by atomic mass is 10.2. The largest absolute Gasteiger partial charge is 0.494 e. The van der Waals surface area contributed by atoms with E-state index in [9.17, 15) is 4.79 Å². The van der Waals surface area contributed by atoms with Gasteiger partial charge in [-0.3, -0.25) is 4.79 Å². The third kappa shape index (κ3) is 5.54. The molecule has 1 heterocycles. The van der Waals surface area contributed by atoms with Crippen LogP contribution in [0.5, 0.6) is 11.5 Å². The molecule has 0 saturated heterocycles. The number of anilines is 1. The lowest BCUT2D eigenvalue weighted by Gasteiger charge is -2.15. The van der Waals surface area contributed by atoms with Gasteiger partial charge < -0.3 is 19.4 Å². The first-order chi connectivity index (χ1) is 14.5. The molecule has 2 aromatic carbocycles. The van der Waals surface area contributed by atoms with Gasteiger partial charge in [0.25, 0.3) is 0 Å². The lowest BCUT2D eigenvalue weighted by molar-refractivity contribution is -0.113. The fourth-order valence-corrected chi connectivity index (χ4v) is 3.58. The minimum Gasteiger partial charge on any atom is -0.494 e. The number of benzene rings is 2. The Labute approximate surface area is 180 Å². The first-order valence-electron chi connectivity index (χ1n) is 9.75. The highest BCUT2D eigenvalue weighted by Crippen LogP contribution is 2.26. The number of para-hydroxylation sites is 1. The predicted octanol–water partition coefficient (Wildman–Crippen LogP) is 4.39. The smallest absolute Gasteiger partial charge is 0.234 e. The molecule has 1 N–H and O–H groups in total. The molecule has 1 amide bonds. The van der Waals surface area contributed by atoms with Gasteiger partial charge in [-0.15, -0.1) is 10.2 Å². The van der Waals surface area contributed by atoms with E-state index in [2.05, 4.69) is 15.5 Å². The van der Waals surface area contributed by atoms with Crippen molar-refractivity contribution in [3.8, 4) is 11.5 Å². The molecule has 3 aromatic rings. The van der Waals surface area contributed by atoms with E-state index in [1.807, 2.05) is 80.9 Å². The number of rotatable bonds is 9. The zero-order valence-electron chi connectivity index (χ0n) is 17.6. The number of carbonyl (C=O) groups is 1. The Bertz CT molecular complexity index is 988. The second kappa shape index (κ2) is 10.2. The number of hydrogen-bond acceptors (Lipinski definition) is 6. The predicted molar refractivity (Wildman–Crippen MR) is 118 cm³/mol. The number of hydrogen-bond donors (Lipinski definition) is 1. The van der Waals surface area contributed by atoms with Crippen LogP contribution in [0.1, 0.15) is 31.3 Å². The second-order valence-electron chi connectivity index (χ2n) is 6.72. The molecule has 0 aliphatic heterocycles. The minimum absolute atomic E-state index is 0.113. The van der Waals surface area contributed by atoms with E-state index in [0.29, 0.717) is 17.6 Å². The number of nitrogens with one attached hydrogen (secondary N) is 1. The zero-order valence-corrected chi connectivity index (χ0v) is 18.4. The molecule has 8 heteroatoms. The van der Waals surface area contributed by atoms with Gasteiger partial charge >= 0.3 is 0 Å². The van der Waals surface area contributed by atoms with Gasteiger partial charge in [0.1, 0.15) is 11.5 Å². The van der Waals surface area contributed by atoms with Crippen molar-refractivity contribution in [3.05, 3.63) is 59.9 Å². The highest BCUT2D eigenvalue weighted by Gasteiger charge is 2.18. The summed E-state index contributed by atoms with van der Waals surface area (Å²) in [6, 6.07) is 15.1. The maximum absolute atomic E-state index is 12.3. The summed E-state index contributed by atoms with van der Waals surface area (Å²) in [5, 5.41) is 12.0. The van der Waals surface area contributed by atoms with E-state index in [-0.39, 0.29) is 17.8 Å². The van der Waals surface area contributed by atoms with Crippen LogP contribution in [-0.2, 0) is 11.8 Å². The quantitative estimate of drug-likeness (QED) is 0.511. The van der Waals surface area contributed by atoms with Crippen molar-refractivity contribution in [2.24, 2.45) is 7.05 Å². The third-order valence-corrected chi connectivity index (χ3v) is 5.43. The van der Waals surface area contributed by atoms with Crippen LogP contribution >= 0.6 is 11.8 Å². The van der Waals surface area contributed by atoms with Crippen LogP contribution in [-0.4, -0.2) is 33.0 Å². The number of aromatic nitrogens is 3. The molecule has 30 heavy (non-hydrogen) atoms. The molecule has 0 fully saturated rings. The van der Waals surface area contributed by atoms with Crippen molar-refractivity contribution in [1.82, 2.24) is 14.8 Å². The topological polar surface area (TPSA) is 78.3 Å². The van der Waals surface area contributed by atoms with Crippen LogP contribution in [0.15, 0.2) is 53.7 Å². The Morgan fingerprint density at radius 2 is 1.90 bits per heavy atom.